The summed E-state index contributed by atoms with van der Waals surface area (Å²) in [4.78, 5) is 25.5. The van der Waals surface area contributed by atoms with E-state index in [1.54, 1.807) is 12.1 Å². The molecule has 7 rings (SSSR count). The Kier molecular flexibility index (Phi) is 6.91. The maximum absolute atomic E-state index is 12.4. The first kappa shape index (κ1) is 21.3. The van der Waals surface area contributed by atoms with E-state index in [0.29, 0.717) is 37.2 Å². The Morgan fingerprint density at radius 2 is 1.72 bits per heavy atom. The van der Waals surface area contributed by atoms with Crippen LogP contribution in [-0.2, 0) is 6.54 Å². The maximum atomic E-state index is 12.4. The molecule has 0 radical (unpaired) electrons. The van der Waals surface area contributed by atoms with E-state index < -0.39 is 0 Å². The summed E-state index contributed by atoms with van der Waals surface area (Å²) in [5.41, 5.74) is 3.60. The lowest BCUT2D eigenvalue weighted by molar-refractivity contribution is 0.0953. The summed E-state index contributed by atoms with van der Waals surface area (Å²) >= 11 is 0. The van der Waals surface area contributed by atoms with Crippen molar-refractivity contribution in [2.75, 3.05) is 23.8 Å². The van der Waals surface area contributed by atoms with Gasteiger partial charge >= 0.3 is 6.01 Å². The molecule has 4 aliphatic rings. The molecule has 3 N–H and O–H groups in total. The van der Waals surface area contributed by atoms with E-state index in [0.717, 1.165) is 29.7 Å². The summed E-state index contributed by atoms with van der Waals surface area (Å²) in [5.74, 6) is 0.679. The Balaban J connectivity index is 1.61. The van der Waals surface area contributed by atoms with Gasteiger partial charge in [0, 0.05) is 24.3 Å². The molecule has 32 heavy (non-hydrogen) atoms. The van der Waals surface area contributed by atoms with Gasteiger partial charge in [-0.05, 0) is 55.2 Å². The number of rotatable bonds is 2. The van der Waals surface area contributed by atoms with Crippen molar-refractivity contribution < 1.29 is 9.53 Å². The molecule has 5 heterocycles. The molecule has 0 atom stereocenters. The molecule has 1 amide bonds. The van der Waals surface area contributed by atoms with Crippen molar-refractivity contribution in [1.29, 1.82) is 0 Å². The van der Waals surface area contributed by atoms with Gasteiger partial charge in [0.15, 0.2) is 0 Å². The number of allylic oxidation sites excluding steroid dienone is 1. The molecule has 164 valence electrons. The number of hydrogen-bond donors (Lipinski definition) is 3. The SMILES string of the molecule is CCOc1nc2nc(n1)Nc1ccc(cc1)C(=O)NCCCC=Cc1ccc(cc1)CN2. The topological polar surface area (TPSA) is 101 Å². The third-order valence-electron chi connectivity index (χ3n) is 4.87. The van der Waals surface area contributed by atoms with Crippen LogP contribution in [0.2, 0.25) is 0 Å². The zero-order chi connectivity index (χ0) is 22.2. The average Bonchev–Trinajstić information content (AvgIpc) is 2.81. The summed E-state index contributed by atoms with van der Waals surface area (Å²) in [6, 6.07) is 15.7. The summed E-state index contributed by atoms with van der Waals surface area (Å²) in [6.07, 6.45) is 6.00. The molecular weight excluding hydrogens is 404 g/mol. The quantitative estimate of drug-likeness (QED) is 0.561. The van der Waals surface area contributed by atoms with Crippen LogP contribution < -0.4 is 20.7 Å². The third-order valence-corrected chi connectivity index (χ3v) is 4.87. The predicted octanol–water partition coefficient (Wildman–Crippen LogP) is 4.16. The highest BCUT2D eigenvalue weighted by molar-refractivity contribution is 5.94. The van der Waals surface area contributed by atoms with Gasteiger partial charge in [-0.25, -0.2) is 0 Å². The normalized spacial score (nSPS) is 14.1. The van der Waals surface area contributed by atoms with Gasteiger partial charge in [-0.1, -0.05) is 36.4 Å². The average molecular weight is 431 g/mol. The number of benzene rings is 2. The molecular formula is C24H26N6O2. The minimum absolute atomic E-state index is 0.0905. The number of anilines is 3. The Morgan fingerprint density at radius 1 is 0.938 bits per heavy atom. The molecule has 3 aromatic rings. The predicted molar refractivity (Wildman–Crippen MR) is 125 cm³/mol. The molecule has 0 saturated heterocycles. The van der Waals surface area contributed by atoms with Crippen LogP contribution >= 0.6 is 0 Å². The third kappa shape index (κ3) is 5.81. The van der Waals surface area contributed by atoms with Crippen molar-refractivity contribution in [2.24, 2.45) is 0 Å². The van der Waals surface area contributed by atoms with Crippen LogP contribution in [0, 0.1) is 0 Å². The van der Waals surface area contributed by atoms with Crippen LogP contribution in [0.4, 0.5) is 17.6 Å². The van der Waals surface area contributed by atoms with Crippen molar-refractivity contribution in [2.45, 2.75) is 26.3 Å². The van der Waals surface area contributed by atoms with Crippen molar-refractivity contribution >= 4 is 29.6 Å². The minimum atomic E-state index is -0.0905. The first-order valence-electron chi connectivity index (χ1n) is 10.7. The second-order valence-electron chi connectivity index (χ2n) is 7.30. The number of carbonyl (C=O) groups excluding carboxylic acids is 1. The largest absolute Gasteiger partial charge is 0.464 e. The van der Waals surface area contributed by atoms with Gasteiger partial charge in [0.2, 0.25) is 11.9 Å². The van der Waals surface area contributed by atoms with Crippen LogP contribution in [0.25, 0.3) is 6.08 Å². The van der Waals surface area contributed by atoms with E-state index in [4.69, 9.17) is 4.74 Å². The number of ether oxygens (including phenoxy) is 1. The molecule has 0 aliphatic carbocycles. The second-order valence-corrected chi connectivity index (χ2v) is 7.30. The number of amides is 1. The summed E-state index contributed by atoms with van der Waals surface area (Å²) in [5, 5.41) is 9.35. The molecule has 0 saturated carbocycles. The van der Waals surface area contributed by atoms with Gasteiger partial charge in [-0.2, -0.15) is 15.0 Å². The summed E-state index contributed by atoms with van der Waals surface area (Å²) in [6.45, 7) is 3.52. The van der Waals surface area contributed by atoms with E-state index in [9.17, 15) is 4.79 Å². The zero-order valence-corrected chi connectivity index (χ0v) is 18.0. The number of hydrogen-bond acceptors (Lipinski definition) is 7. The fraction of sp³-hybridized carbons (Fsp3) is 0.250. The Morgan fingerprint density at radius 3 is 2.50 bits per heavy atom. The highest BCUT2D eigenvalue weighted by Gasteiger charge is 2.09. The highest BCUT2D eigenvalue weighted by atomic mass is 16.5. The van der Waals surface area contributed by atoms with Crippen LogP contribution in [0.3, 0.4) is 0 Å². The molecule has 1 aromatic heterocycles. The van der Waals surface area contributed by atoms with Crippen LogP contribution in [0.1, 0.15) is 41.3 Å². The number of carbonyl (C=O) groups is 1. The van der Waals surface area contributed by atoms with Crippen molar-refractivity contribution in [1.82, 2.24) is 20.3 Å². The monoisotopic (exact) mass is 430 g/mol. The van der Waals surface area contributed by atoms with E-state index in [1.165, 1.54) is 0 Å². The first-order valence-corrected chi connectivity index (χ1v) is 10.7. The fourth-order valence-corrected chi connectivity index (χ4v) is 3.19. The number of nitrogens with one attached hydrogen (secondary N) is 3. The number of aromatic nitrogens is 3. The van der Waals surface area contributed by atoms with Crippen LogP contribution in [0.5, 0.6) is 6.01 Å². The molecule has 8 heteroatoms. The second kappa shape index (κ2) is 10.4. The molecule has 0 fully saturated rings. The first-order chi connectivity index (χ1) is 15.7. The van der Waals surface area contributed by atoms with E-state index in [2.05, 4.69) is 67.3 Å². The Bertz CT molecular complexity index is 1080. The summed E-state index contributed by atoms with van der Waals surface area (Å²) in [7, 11) is 0. The van der Waals surface area contributed by atoms with Crippen LogP contribution in [0.15, 0.2) is 54.6 Å². The molecule has 2 aromatic carbocycles. The molecule has 0 spiro atoms. The number of nitrogens with zero attached hydrogens (tertiary/aromatic N) is 3. The minimum Gasteiger partial charge on any atom is -0.464 e. The fourth-order valence-electron chi connectivity index (χ4n) is 3.19. The van der Waals surface area contributed by atoms with Gasteiger partial charge in [0.1, 0.15) is 0 Å². The lowest BCUT2D eigenvalue weighted by Gasteiger charge is -2.11. The van der Waals surface area contributed by atoms with Crippen LogP contribution in [-0.4, -0.2) is 34.0 Å². The molecule has 0 unspecified atom stereocenters. The maximum Gasteiger partial charge on any atom is 0.323 e. The standard InChI is InChI=1S/C24H26N6O2/c1-2-32-24-29-22-26-16-18-9-7-17(8-10-18)6-4-3-5-15-25-21(31)19-11-13-20(14-12-19)27-23(28-22)30-24/h4,6-14H,2-3,5,15-16H2,1H3,(H,25,31)(H2,26,27,28,29,30). The highest BCUT2D eigenvalue weighted by Crippen LogP contribution is 2.18. The van der Waals surface area contributed by atoms with Gasteiger partial charge < -0.3 is 20.7 Å². The van der Waals surface area contributed by atoms with E-state index in [1.807, 2.05) is 19.1 Å². The van der Waals surface area contributed by atoms with Crippen molar-refractivity contribution in [3.05, 3.63) is 71.3 Å². The molecule has 4 aliphatic heterocycles. The van der Waals surface area contributed by atoms with Gasteiger partial charge in [-0.3, -0.25) is 4.79 Å². The Hall–Kier alpha value is -3.94. The lowest BCUT2D eigenvalue weighted by Crippen LogP contribution is -2.24. The molecule has 6 bridgehead atoms. The van der Waals surface area contributed by atoms with Crippen molar-refractivity contribution in [3.63, 3.8) is 0 Å². The van der Waals surface area contributed by atoms with Crippen molar-refractivity contribution in [3.8, 4) is 6.01 Å². The van der Waals surface area contributed by atoms with Gasteiger partial charge in [0.25, 0.3) is 5.91 Å². The smallest absolute Gasteiger partial charge is 0.323 e. The Labute approximate surface area is 187 Å². The molecule has 8 nitrogen and oxygen atoms in total. The van der Waals surface area contributed by atoms with Gasteiger partial charge in [0.05, 0.1) is 6.61 Å². The lowest BCUT2D eigenvalue weighted by atomic mass is 10.1. The zero-order valence-electron chi connectivity index (χ0n) is 18.0. The summed E-state index contributed by atoms with van der Waals surface area (Å²) < 4.78 is 5.50. The van der Waals surface area contributed by atoms with E-state index >= 15 is 0 Å². The van der Waals surface area contributed by atoms with E-state index in [-0.39, 0.29) is 11.9 Å². The van der Waals surface area contributed by atoms with Gasteiger partial charge in [-0.15, -0.1) is 0 Å².